The first-order valence-corrected chi connectivity index (χ1v) is 10.7. The van der Waals surface area contributed by atoms with Crippen LogP contribution in [0, 0.1) is 6.92 Å². The predicted octanol–water partition coefficient (Wildman–Crippen LogP) is 4.21. The molecular formula is C22H20N4O4S. The molecule has 0 spiro atoms. The molecule has 2 aromatic heterocycles. The van der Waals surface area contributed by atoms with E-state index in [4.69, 9.17) is 19.2 Å². The first-order chi connectivity index (χ1) is 15.1. The highest BCUT2D eigenvalue weighted by Crippen LogP contribution is 2.33. The van der Waals surface area contributed by atoms with Gasteiger partial charge in [-0.3, -0.25) is 4.79 Å². The van der Waals surface area contributed by atoms with E-state index in [0.29, 0.717) is 47.8 Å². The van der Waals surface area contributed by atoms with Crippen LogP contribution in [0.25, 0.3) is 15.3 Å². The molecule has 158 valence electrons. The van der Waals surface area contributed by atoms with Gasteiger partial charge in [-0.1, -0.05) is 17.4 Å². The highest BCUT2D eigenvalue weighted by molar-refractivity contribution is 7.20. The third kappa shape index (κ3) is 3.68. The number of aryl methyl sites for hydroxylation is 1. The van der Waals surface area contributed by atoms with E-state index in [1.165, 1.54) is 11.3 Å². The standard InChI is InChI=1S/C22H20N4O4S/c1-3-28-16-5-4-6-18-20(16)24-22(31-18)26-19(11-13(2)25-26)23-21(27)14-7-8-15-17(12-14)30-10-9-29-15/h4-8,11-12H,3,9-10H2,1-2H3,(H,23,27). The molecule has 31 heavy (non-hydrogen) atoms. The van der Waals surface area contributed by atoms with E-state index in [0.717, 1.165) is 21.7 Å². The number of carbonyl (C=O) groups excluding carboxylic acids is 1. The molecule has 0 saturated heterocycles. The fourth-order valence-electron chi connectivity index (χ4n) is 3.38. The molecule has 0 atom stereocenters. The van der Waals surface area contributed by atoms with Crippen LogP contribution in [0.1, 0.15) is 23.0 Å². The maximum absolute atomic E-state index is 12.9. The zero-order chi connectivity index (χ0) is 21.4. The predicted molar refractivity (Wildman–Crippen MR) is 118 cm³/mol. The lowest BCUT2D eigenvalue weighted by Gasteiger charge is -2.18. The van der Waals surface area contributed by atoms with Gasteiger partial charge in [0, 0.05) is 11.6 Å². The number of anilines is 1. The lowest BCUT2D eigenvalue weighted by atomic mass is 10.2. The van der Waals surface area contributed by atoms with Crippen LogP contribution in [0.15, 0.2) is 42.5 Å². The van der Waals surface area contributed by atoms with Gasteiger partial charge in [0.15, 0.2) is 11.5 Å². The molecule has 8 nitrogen and oxygen atoms in total. The van der Waals surface area contributed by atoms with Crippen LogP contribution in [-0.4, -0.2) is 40.5 Å². The Morgan fingerprint density at radius 1 is 1.19 bits per heavy atom. The quantitative estimate of drug-likeness (QED) is 0.504. The summed E-state index contributed by atoms with van der Waals surface area (Å²) < 4.78 is 19.4. The van der Waals surface area contributed by atoms with Crippen molar-refractivity contribution in [3.05, 3.63) is 53.7 Å². The summed E-state index contributed by atoms with van der Waals surface area (Å²) in [5.41, 5.74) is 2.01. The first-order valence-electron chi connectivity index (χ1n) is 9.93. The van der Waals surface area contributed by atoms with Gasteiger partial charge in [0.1, 0.15) is 30.3 Å². The summed E-state index contributed by atoms with van der Waals surface area (Å²) >= 11 is 1.48. The number of ether oxygens (including phenoxy) is 3. The number of rotatable bonds is 5. The second-order valence-electron chi connectivity index (χ2n) is 6.93. The molecule has 0 saturated carbocycles. The molecule has 3 heterocycles. The number of hydrogen-bond acceptors (Lipinski definition) is 7. The molecule has 0 unspecified atom stereocenters. The minimum absolute atomic E-state index is 0.269. The fourth-order valence-corrected chi connectivity index (χ4v) is 4.33. The van der Waals surface area contributed by atoms with E-state index in [2.05, 4.69) is 10.4 Å². The van der Waals surface area contributed by atoms with Gasteiger partial charge in [0.25, 0.3) is 5.91 Å². The lowest BCUT2D eigenvalue weighted by Crippen LogP contribution is -2.18. The molecule has 2 aromatic carbocycles. The topological polar surface area (TPSA) is 87.5 Å². The van der Waals surface area contributed by atoms with Gasteiger partial charge in [-0.15, -0.1) is 0 Å². The Morgan fingerprint density at radius 3 is 2.87 bits per heavy atom. The van der Waals surface area contributed by atoms with Crippen LogP contribution in [0.4, 0.5) is 5.82 Å². The maximum Gasteiger partial charge on any atom is 0.256 e. The van der Waals surface area contributed by atoms with Gasteiger partial charge in [-0.2, -0.15) is 9.78 Å². The molecule has 1 N–H and O–H groups in total. The van der Waals surface area contributed by atoms with Crippen LogP contribution < -0.4 is 19.5 Å². The van der Waals surface area contributed by atoms with E-state index in [9.17, 15) is 4.79 Å². The van der Waals surface area contributed by atoms with E-state index < -0.39 is 0 Å². The van der Waals surface area contributed by atoms with Crippen LogP contribution in [0.3, 0.4) is 0 Å². The van der Waals surface area contributed by atoms with Crippen LogP contribution in [0.5, 0.6) is 17.2 Å². The molecule has 1 aliphatic rings. The van der Waals surface area contributed by atoms with Crippen molar-refractivity contribution in [1.82, 2.24) is 14.8 Å². The molecule has 4 aromatic rings. The molecule has 0 bridgehead atoms. The summed E-state index contributed by atoms with van der Waals surface area (Å²) in [4.78, 5) is 17.6. The third-order valence-corrected chi connectivity index (χ3v) is 5.73. The van der Waals surface area contributed by atoms with Crippen molar-refractivity contribution in [2.45, 2.75) is 13.8 Å². The Kier molecular flexibility index (Phi) is 4.95. The number of thiazole rings is 1. The molecule has 5 rings (SSSR count). The highest BCUT2D eigenvalue weighted by Gasteiger charge is 2.19. The number of nitrogens with zero attached hydrogens (tertiary/aromatic N) is 3. The molecular weight excluding hydrogens is 416 g/mol. The van der Waals surface area contributed by atoms with Gasteiger partial charge in [-0.05, 0) is 44.2 Å². The Morgan fingerprint density at radius 2 is 2.03 bits per heavy atom. The van der Waals surface area contributed by atoms with Crippen LogP contribution in [0.2, 0.25) is 0 Å². The van der Waals surface area contributed by atoms with Gasteiger partial charge in [0.05, 0.1) is 17.0 Å². The van der Waals surface area contributed by atoms with Crippen molar-refractivity contribution in [2.75, 3.05) is 25.1 Å². The number of aromatic nitrogens is 3. The number of amides is 1. The summed E-state index contributed by atoms with van der Waals surface area (Å²) in [5.74, 6) is 2.21. The summed E-state index contributed by atoms with van der Waals surface area (Å²) in [6, 6.07) is 12.8. The number of carbonyl (C=O) groups is 1. The van der Waals surface area contributed by atoms with Gasteiger partial charge in [0.2, 0.25) is 5.13 Å². The smallest absolute Gasteiger partial charge is 0.256 e. The fraction of sp³-hybridized carbons (Fsp3) is 0.227. The summed E-state index contributed by atoms with van der Waals surface area (Å²) in [6.45, 7) is 5.34. The van der Waals surface area contributed by atoms with E-state index in [-0.39, 0.29) is 5.91 Å². The van der Waals surface area contributed by atoms with Crippen molar-refractivity contribution in [1.29, 1.82) is 0 Å². The Hall–Kier alpha value is -3.59. The Balaban J connectivity index is 1.47. The van der Waals surface area contributed by atoms with Crippen molar-refractivity contribution in [2.24, 2.45) is 0 Å². The van der Waals surface area contributed by atoms with Crippen molar-refractivity contribution >= 4 is 33.3 Å². The first kappa shape index (κ1) is 19.4. The van der Waals surface area contributed by atoms with Crippen molar-refractivity contribution in [3.63, 3.8) is 0 Å². The number of para-hydroxylation sites is 1. The second-order valence-corrected chi connectivity index (χ2v) is 7.94. The number of benzene rings is 2. The van der Waals surface area contributed by atoms with Gasteiger partial charge in [-0.25, -0.2) is 4.98 Å². The zero-order valence-electron chi connectivity index (χ0n) is 17.0. The van der Waals surface area contributed by atoms with Crippen molar-refractivity contribution < 1.29 is 19.0 Å². The normalized spacial score (nSPS) is 12.7. The Bertz CT molecular complexity index is 1280. The van der Waals surface area contributed by atoms with Gasteiger partial charge >= 0.3 is 0 Å². The second kappa shape index (κ2) is 7.92. The highest BCUT2D eigenvalue weighted by atomic mass is 32.1. The van der Waals surface area contributed by atoms with E-state index in [1.807, 2.05) is 38.1 Å². The number of fused-ring (bicyclic) bond motifs is 2. The van der Waals surface area contributed by atoms with Crippen molar-refractivity contribution in [3.8, 4) is 22.4 Å². The monoisotopic (exact) mass is 436 g/mol. The molecule has 1 aliphatic heterocycles. The van der Waals surface area contributed by atoms with Gasteiger partial charge < -0.3 is 19.5 Å². The van der Waals surface area contributed by atoms with E-state index in [1.54, 1.807) is 22.9 Å². The Labute approximate surface area is 182 Å². The summed E-state index contributed by atoms with van der Waals surface area (Å²) in [6.07, 6.45) is 0. The zero-order valence-corrected chi connectivity index (χ0v) is 17.9. The maximum atomic E-state index is 12.9. The minimum atomic E-state index is -0.269. The minimum Gasteiger partial charge on any atom is -0.492 e. The van der Waals surface area contributed by atoms with Crippen LogP contribution in [-0.2, 0) is 0 Å². The van der Waals surface area contributed by atoms with Crippen LogP contribution >= 0.6 is 11.3 Å². The lowest BCUT2D eigenvalue weighted by molar-refractivity contribution is 0.102. The number of nitrogens with one attached hydrogen (secondary N) is 1. The molecule has 9 heteroatoms. The molecule has 0 radical (unpaired) electrons. The average Bonchev–Trinajstić information content (AvgIpc) is 3.37. The summed E-state index contributed by atoms with van der Waals surface area (Å²) in [7, 11) is 0. The largest absolute Gasteiger partial charge is 0.492 e. The number of hydrogen-bond donors (Lipinski definition) is 1. The SMILES string of the molecule is CCOc1cccc2sc(-n3nc(C)cc3NC(=O)c3ccc4c(c3)OCCO4)nc12. The average molecular weight is 436 g/mol. The molecule has 1 amide bonds. The molecule has 0 aliphatic carbocycles. The summed E-state index contributed by atoms with van der Waals surface area (Å²) in [5, 5.41) is 8.12. The van der Waals surface area contributed by atoms with E-state index >= 15 is 0 Å². The third-order valence-electron chi connectivity index (χ3n) is 4.73. The molecule has 0 fully saturated rings.